The van der Waals surface area contributed by atoms with Crippen molar-refractivity contribution in [3.8, 4) is 11.1 Å². The van der Waals surface area contributed by atoms with Crippen molar-refractivity contribution < 1.29 is 23.1 Å². The van der Waals surface area contributed by atoms with Crippen molar-refractivity contribution in [3.05, 3.63) is 59.2 Å². The van der Waals surface area contributed by atoms with Gasteiger partial charge < -0.3 is 5.11 Å². The van der Waals surface area contributed by atoms with Crippen LogP contribution in [0, 0.1) is 6.92 Å². The van der Waals surface area contributed by atoms with Gasteiger partial charge in [0, 0.05) is 0 Å². The van der Waals surface area contributed by atoms with Crippen molar-refractivity contribution in [1.82, 2.24) is 0 Å². The fraction of sp³-hybridized carbons (Fsp3) is 0.133. The van der Waals surface area contributed by atoms with Gasteiger partial charge in [-0.2, -0.15) is 13.2 Å². The smallest absolute Gasteiger partial charge is 0.417 e. The number of rotatable bonds is 2. The molecular formula is C15H11F3O2. The molecule has 0 aliphatic carbocycles. The van der Waals surface area contributed by atoms with Crippen molar-refractivity contribution >= 4 is 5.97 Å². The van der Waals surface area contributed by atoms with E-state index in [1.54, 1.807) is 37.3 Å². The zero-order chi connectivity index (χ0) is 14.9. The molecule has 0 fully saturated rings. The van der Waals surface area contributed by atoms with Crippen molar-refractivity contribution in [2.24, 2.45) is 0 Å². The summed E-state index contributed by atoms with van der Waals surface area (Å²) >= 11 is 0. The van der Waals surface area contributed by atoms with Crippen LogP contribution in [0.15, 0.2) is 42.5 Å². The van der Waals surface area contributed by atoms with Gasteiger partial charge in [-0.25, -0.2) is 4.79 Å². The summed E-state index contributed by atoms with van der Waals surface area (Å²) in [6, 6.07) is 10.3. The summed E-state index contributed by atoms with van der Waals surface area (Å²) < 4.78 is 38.9. The molecule has 104 valence electrons. The van der Waals surface area contributed by atoms with E-state index in [9.17, 15) is 23.1 Å². The molecule has 0 spiro atoms. The second-order valence-corrected chi connectivity index (χ2v) is 4.35. The number of aryl methyl sites for hydroxylation is 1. The van der Waals surface area contributed by atoms with Gasteiger partial charge >= 0.3 is 12.1 Å². The molecule has 0 atom stereocenters. The van der Waals surface area contributed by atoms with E-state index in [2.05, 4.69) is 0 Å². The Balaban J connectivity index is 2.83. The minimum atomic E-state index is -4.70. The number of carbonyl (C=O) groups is 1. The highest BCUT2D eigenvalue weighted by molar-refractivity contribution is 5.98. The Morgan fingerprint density at radius 1 is 1.05 bits per heavy atom. The van der Waals surface area contributed by atoms with E-state index in [1.807, 2.05) is 0 Å². The maximum absolute atomic E-state index is 13.0. The summed E-state index contributed by atoms with van der Waals surface area (Å²) in [7, 11) is 0. The lowest BCUT2D eigenvalue weighted by Gasteiger charge is -2.16. The number of alkyl halides is 3. The highest BCUT2D eigenvalue weighted by Crippen LogP contribution is 2.38. The van der Waals surface area contributed by atoms with Crippen molar-refractivity contribution in [2.75, 3.05) is 0 Å². The van der Waals surface area contributed by atoms with Gasteiger partial charge in [0.1, 0.15) is 0 Å². The third-order valence-electron chi connectivity index (χ3n) is 3.00. The Bertz CT molecular complexity index is 646. The second kappa shape index (κ2) is 5.00. The molecule has 0 unspecified atom stereocenters. The summed E-state index contributed by atoms with van der Waals surface area (Å²) in [5.41, 5.74) is -0.791. The standard InChI is InChI=1S/C15H11F3O2/c1-9-7-8-11(15(16,17)18)13(14(19)20)12(9)10-5-3-2-4-6-10/h2-8H,1H3,(H,19,20). The number of hydrogen-bond donors (Lipinski definition) is 1. The summed E-state index contributed by atoms with van der Waals surface area (Å²) in [6.45, 7) is 1.59. The van der Waals surface area contributed by atoms with Crippen LogP contribution < -0.4 is 0 Å². The predicted octanol–water partition coefficient (Wildman–Crippen LogP) is 4.38. The average molecular weight is 280 g/mol. The van der Waals surface area contributed by atoms with Gasteiger partial charge in [-0.15, -0.1) is 0 Å². The SMILES string of the molecule is Cc1ccc(C(F)(F)F)c(C(=O)O)c1-c1ccccc1. The van der Waals surface area contributed by atoms with Crippen LogP contribution in [-0.4, -0.2) is 11.1 Å². The summed E-state index contributed by atoms with van der Waals surface area (Å²) in [4.78, 5) is 11.3. The zero-order valence-electron chi connectivity index (χ0n) is 10.5. The first-order valence-corrected chi connectivity index (χ1v) is 5.82. The Morgan fingerprint density at radius 2 is 1.65 bits per heavy atom. The highest BCUT2D eigenvalue weighted by atomic mass is 19.4. The van der Waals surface area contributed by atoms with Crippen LogP contribution in [0.3, 0.4) is 0 Å². The topological polar surface area (TPSA) is 37.3 Å². The number of benzene rings is 2. The van der Waals surface area contributed by atoms with Gasteiger partial charge in [0.2, 0.25) is 0 Å². The third-order valence-corrected chi connectivity index (χ3v) is 3.00. The molecule has 0 heterocycles. The molecule has 20 heavy (non-hydrogen) atoms. The molecule has 0 bridgehead atoms. The van der Waals surface area contributed by atoms with E-state index in [-0.39, 0.29) is 5.56 Å². The minimum absolute atomic E-state index is 0.105. The Kier molecular flexibility index (Phi) is 3.53. The molecule has 2 rings (SSSR count). The van der Waals surface area contributed by atoms with E-state index in [0.717, 1.165) is 6.07 Å². The highest BCUT2D eigenvalue weighted by Gasteiger charge is 2.37. The van der Waals surface area contributed by atoms with Crippen LogP contribution in [0.2, 0.25) is 0 Å². The molecular weight excluding hydrogens is 269 g/mol. The Morgan fingerprint density at radius 3 is 2.15 bits per heavy atom. The van der Waals surface area contributed by atoms with E-state index >= 15 is 0 Å². The molecule has 2 aromatic carbocycles. The van der Waals surface area contributed by atoms with Crippen molar-refractivity contribution in [1.29, 1.82) is 0 Å². The van der Waals surface area contributed by atoms with Gasteiger partial charge in [0.05, 0.1) is 11.1 Å². The van der Waals surface area contributed by atoms with Gasteiger partial charge in [0.25, 0.3) is 0 Å². The van der Waals surface area contributed by atoms with Crippen LogP contribution in [0.5, 0.6) is 0 Å². The van der Waals surface area contributed by atoms with Crippen molar-refractivity contribution in [2.45, 2.75) is 13.1 Å². The number of halogens is 3. The molecule has 0 saturated heterocycles. The number of carboxylic acid groups (broad SMARTS) is 1. The van der Waals surface area contributed by atoms with Gasteiger partial charge in [-0.05, 0) is 29.7 Å². The van der Waals surface area contributed by atoms with Gasteiger partial charge in [0.15, 0.2) is 0 Å². The fourth-order valence-corrected chi connectivity index (χ4v) is 2.14. The predicted molar refractivity (Wildman–Crippen MR) is 68.6 cm³/mol. The molecule has 2 aromatic rings. The van der Waals surface area contributed by atoms with E-state index in [1.165, 1.54) is 6.07 Å². The van der Waals surface area contributed by atoms with E-state index in [4.69, 9.17) is 0 Å². The molecule has 0 aromatic heterocycles. The first kappa shape index (κ1) is 14.1. The second-order valence-electron chi connectivity index (χ2n) is 4.35. The van der Waals surface area contributed by atoms with Crippen molar-refractivity contribution in [3.63, 3.8) is 0 Å². The first-order chi connectivity index (χ1) is 9.32. The van der Waals surface area contributed by atoms with Crippen LogP contribution in [-0.2, 0) is 6.18 Å². The maximum Gasteiger partial charge on any atom is 0.417 e. The number of aromatic carboxylic acids is 1. The lowest BCUT2D eigenvalue weighted by Crippen LogP contribution is -2.15. The quantitative estimate of drug-likeness (QED) is 0.886. The molecule has 0 aliphatic heterocycles. The third kappa shape index (κ3) is 2.52. The van der Waals surface area contributed by atoms with Crippen LogP contribution in [0.1, 0.15) is 21.5 Å². The zero-order valence-corrected chi connectivity index (χ0v) is 10.5. The van der Waals surface area contributed by atoms with E-state index in [0.29, 0.717) is 11.1 Å². The molecule has 0 amide bonds. The molecule has 5 heteroatoms. The van der Waals surface area contributed by atoms with Gasteiger partial charge in [-0.1, -0.05) is 36.4 Å². The summed E-state index contributed by atoms with van der Waals surface area (Å²) in [5.74, 6) is -1.58. The molecule has 0 saturated carbocycles. The van der Waals surface area contributed by atoms with Crippen LogP contribution in [0.4, 0.5) is 13.2 Å². The van der Waals surface area contributed by atoms with E-state index < -0.39 is 23.3 Å². The molecule has 2 nitrogen and oxygen atoms in total. The lowest BCUT2D eigenvalue weighted by molar-refractivity contribution is -0.138. The summed E-state index contributed by atoms with van der Waals surface area (Å²) in [6.07, 6.45) is -4.70. The lowest BCUT2D eigenvalue weighted by atomic mass is 9.91. The number of carboxylic acids is 1. The number of hydrogen-bond acceptors (Lipinski definition) is 1. The molecule has 1 N–H and O–H groups in total. The first-order valence-electron chi connectivity index (χ1n) is 5.82. The van der Waals surface area contributed by atoms with Gasteiger partial charge in [-0.3, -0.25) is 0 Å². The minimum Gasteiger partial charge on any atom is -0.478 e. The average Bonchev–Trinajstić information content (AvgIpc) is 2.37. The molecule has 0 radical (unpaired) electrons. The van der Waals surface area contributed by atoms with Crippen LogP contribution >= 0.6 is 0 Å². The monoisotopic (exact) mass is 280 g/mol. The fourth-order valence-electron chi connectivity index (χ4n) is 2.14. The molecule has 0 aliphatic rings. The normalized spacial score (nSPS) is 11.4. The Hall–Kier alpha value is -2.30. The summed E-state index contributed by atoms with van der Waals surface area (Å²) in [5, 5.41) is 9.20. The largest absolute Gasteiger partial charge is 0.478 e. The Labute approximate surface area is 113 Å². The van der Waals surface area contributed by atoms with Crippen LogP contribution in [0.25, 0.3) is 11.1 Å². The maximum atomic E-state index is 13.0.